The van der Waals surface area contributed by atoms with Crippen molar-refractivity contribution in [3.63, 3.8) is 0 Å². The molecule has 0 aromatic carbocycles. The van der Waals surface area contributed by atoms with Crippen molar-refractivity contribution in [2.75, 3.05) is 17.3 Å². The lowest BCUT2D eigenvalue weighted by Crippen LogP contribution is -2.08. The monoisotopic (exact) mass is 180 g/mol. The molecular formula is C9H16N4. The van der Waals surface area contributed by atoms with E-state index in [2.05, 4.69) is 22.7 Å². The van der Waals surface area contributed by atoms with E-state index in [-0.39, 0.29) is 0 Å². The Kier molecular flexibility index (Phi) is 4.05. The van der Waals surface area contributed by atoms with Gasteiger partial charge in [0.25, 0.3) is 0 Å². The number of hydrogen-bond donors (Lipinski definition) is 3. The van der Waals surface area contributed by atoms with E-state index in [4.69, 9.17) is 5.84 Å². The van der Waals surface area contributed by atoms with Crippen molar-refractivity contribution in [3.05, 3.63) is 18.3 Å². The summed E-state index contributed by atoms with van der Waals surface area (Å²) >= 11 is 0. The van der Waals surface area contributed by atoms with Crippen LogP contribution in [0.3, 0.4) is 0 Å². The van der Waals surface area contributed by atoms with Crippen LogP contribution in [0, 0.1) is 0 Å². The van der Waals surface area contributed by atoms with E-state index in [1.54, 1.807) is 6.20 Å². The van der Waals surface area contributed by atoms with Gasteiger partial charge in [0.2, 0.25) is 0 Å². The summed E-state index contributed by atoms with van der Waals surface area (Å²) in [5.74, 6) is 5.87. The third-order valence-electron chi connectivity index (χ3n) is 1.77. The molecule has 0 unspecified atom stereocenters. The average molecular weight is 180 g/mol. The van der Waals surface area contributed by atoms with E-state index in [1.165, 1.54) is 12.8 Å². The van der Waals surface area contributed by atoms with Gasteiger partial charge in [-0.25, -0.2) is 10.8 Å². The van der Waals surface area contributed by atoms with Crippen LogP contribution in [-0.4, -0.2) is 11.5 Å². The lowest BCUT2D eigenvalue weighted by molar-refractivity contribution is 0.834. The smallest absolute Gasteiger partial charge is 0.140 e. The number of hydrogen-bond acceptors (Lipinski definition) is 4. The Balaban J connectivity index is 2.40. The van der Waals surface area contributed by atoms with Crippen LogP contribution in [0.15, 0.2) is 18.3 Å². The van der Waals surface area contributed by atoms with Gasteiger partial charge in [0, 0.05) is 6.54 Å². The molecule has 0 atom stereocenters. The zero-order chi connectivity index (χ0) is 9.52. The molecule has 4 nitrogen and oxygen atoms in total. The molecule has 1 aromatic rings. The Bertz CT molecular complexity index is 232. The molecule has 0 bridgehead atoms. The van der Waals surface area contributed by atoms with Gasteiger partial charge in [-0.1, -0.05) is 13.3 Å². The summed E-state index contributed by atoms with van der Waals surface area (Å²) in [5.41, 5.74) is 3.52. The summed E-state index contributed by atoms with van der Waals surface area (Å²) in [4.78, 5) is 4.08. The molecule has 0 saturated carbocycles. The van der Waals surface area contributed by atoms with Crippen molar-refractivity contribution in [1.82, 2.24) is 4.98 Å². The molecule has 0 aliphatic carbocycles. The highest BCUT2D eigenvalue weighted by atomic mass is 15.2. The molecule has 1 aromatic heterocycles. The number of nitrogens with zero attached hydrogens (tertiary/aromatic N) is 1. The normalized spacial score (nSPS) is 9.69. The number of pyridine rings is 1. The quantitative estimate of drug-likeness (QED) is 0.366. The van der Waals surface area contributed by atoms with Crippen LogP contribution in [0.1, 0.15) is 19.8 Å². The van der Waals surface area contributed by atoms with E-state index in [0.717, 1.165) is 12.2 Å². The summed E-state index contributed by atoms with van der Waals surface area (Å²) in [6, 6.07) is 3.80. The van der Waals surface area contributed by atoms with Crippen molar-refractivity contribution in [3.8, 4) is 0 Å². The third kappa shape index (κ3) is 3.29. The largest absolute Gasteiger partial charge is 0.384 e. The van der Waals surface area contributed by atoms with Gasteiger partial charge in [-0.05, 0) is 18.6 Å². The van der Waals surface area contributed by atoms with Gasteiger partial charge in [-0.3, -0.25) is 0 Å². The second-order valence-electron chi connectivity index (χ2n) is 2.86. The summed E-state index contributed by atoms with van der Waals surface area (Å²) in [6.07, 6.45) is 4.14. The highest BCUT2D eigenvalue weighted by Crippen LogP contribution is 2.08. The molecular weight excluding hydrogens is 164 g/mol. The summed E-state index contributed by atoms with van der Waals surface area (Å²) in [7, 11) is 0. The molecule has 0 aliphatic heterocycles. The van der Waals surface area contributed by atoms with E-state index >= 15 is 0 Å². The average Bonchev–Trinajstić information content (AvgIpc) is 2.19. The molecule has 0 fully saturated rings. The third-order valence-corrected chi connectivity index (χ3v) is 1.77. The first kappa shape index (κ1) is 9.80. The Labute approximate surface area is 78.5 Å². The maximum atomic E-state index is 5.19. The predicted octanol–water partition coefficient (Wildman–Crippen LogP) is 1.58. The molecule has 4 N–H and O–H groups in total. The molecule has 0 amide bonds. The van der Waals surface area contributed by atoms with Gasteiger partial charge >= 0.3 is 0 Å². The van der Waals surface area contributed by atoms with Crippen LogP contribution in [0.4, 0.5) is 11.5 Å². The zero-order valence-electron chi connectivity index (χ0n) is 7.88. The Morgan fingerprint density at radius 3 is 2.85 bits per heavy atom. The second-order valence-corrected chi connectivity index (χ2v) is 2.86. The molecule has 0 spiro atoms. The second kappa shape index (κ2) is 5.37. The first-order valence-electron chi connectivity index (χ1n) is 4.53. The minimum atomic E-state index is 0.682. The van der Waals surface area contributed by atoms with Crippen LogP contribution in [0.2, 0.25) is 0 Å². The standard InChI is InChI=1S/C9H16N4/c1-2-3-6-11-8-4-5-9(13-10)12-7-8/h4-5,7,11H,2-3,6,10H2,1H3,(H,12,13). The fourth-order valence-electron chi connectivity index (χ4n) is 0.993. The molecule has 0 radical (unpaired) electrons. The molecule has 13 heavy (non-hydrogen) atoms. The number of nitrogens with one attached hydrogen (secondary N) is 2. The first-order valence-corrected chi connectivity index (χ1v) is 4.53. The van der Waals surface area contributed by atoms with E-state index < -0.39 is 0 Å². The van der Waals surface area contributed by atoms with Gasteiger partial charge in [0.1, 0.15) is 5.82 Å². The summed E-state index contributed by atoms with van der Waals surface area (Å²) < 4.78 is 0. The highest BCUT2D eigenvalue weighted by Gasteiger charge is 1.92. The van der Waals surface area contributed by atoms with Crippen LogP contribution >= 0.6 is 0 Å². The van der Waals surface area contributed by atoms with Crippen molar-refractivity contribution >= 4 is 11.5 Å². The lowest BCUT2D eigenvalue weighted by atomic mass is 10.3. The molecule has 0 aliphatic rings. The van der Waals surface area contributed by atoms with E-state index in [0.29, 0.717) is 5.82 Å². The SMILES string of the molecule is CCCCNc1ccc(NN)nc1. The van der Waals surface area contributed by atoms with Crippen molar-refractivity contribution in [2.24, 2.45) is 5.84 Å². The molecule has 0 saturated heterocycles. The van der Waals surface area contributed by atoms with E-state index in [1.807, 2.05) is 12.1 Å². The van der Waals surface area contributed by atoms with Crippen LogP contribution < -0.4 is 16.6 Å². The van der Waals surface area contributed by atoms with Crippen LogP contribution in [0.5, 0.6) is 0 Å². The molecule has 4 heteroatoms. The number of nitrogens with two attached hydrogens (primary N) is 1. The van der Waals surface area contributed by atoms with Crippen LogP contribution in [-0.2, 0) is 0 Å². The number of hydrazine groups is 1. The topological polar surface area (TPSA) is 63.0 Å². The minimum Gasteiger partial charge on any atom is -0.384 e. The molecule has 72 valence electrons. The Hall–Kier alpha value is -1.29. The van der Waals surface area contributed by atoms with E-state index in [9.17, 15) is 0 Å². The van der Waals surface area contributed by atoms with Gasteiger partial charge in [0.05, 0.1) is 11.9 Å². The van der Waals surface area contributed by atoms with Gasteiger partial charge < -0.3 is 10.7 Å². The van der Waals surface area contributed by atoms with Crippen molar-refractivity contribution in [1.29, 1.82) is 0 Å². The first-order chi connectivity index (χ1) is 6.36. The number of nitrogen functional groups attached to an aromatic ring is 1. The van der Waals surface area contributed by atoms with Gasteiger partial charge in [0.15, 0.2) is 0 Å². The highest BCUT2D eigenvalue weighted by molar-refractivity contribution is 5.46. The van der Waals surface area contributed by atoms with Gasteiger partial charge in [-0.15, -0.1) is 0 Å². The Morgan fingerprint density at radius 2 is 2.31 bits per heavy atom. The van der Waals surface area contributed by atoms with Crippen LogP contribution in [0.25, 0.3) is 0 Å². The summed E-state index contributed by atoms with van der Waals surface area (Å²) in [5, 5.41) is 3.27. The fraction of sp³-hybridized carbons (Fsp3) is 0.444. The number of anilines is 2. The minimum absolute atomic E-state index is 0.682. The van der Waals surface area contributed by atoms with Gasteiger partial charge in [-0.2, -0.15) is 0 Å². The molecule has 1 rings (SSSR count). The summed E-state index contributed by atoms with van der Waals surface area (Å²) in [6.45, 7) is 3.16. The maximum absolute atomic E-state index is 5.19. The number of unbranched alkanes of at least 4 members (excludes halogenated alkanes) is 1. The number of aromatic nitrogens is 1. The van der Waals surface area contributed by atoms with Crippen molar-refractivity contribution < 1.29 is 0 Å². The zero-order valence-corrected chi connectivity index (χ0v) is 7.88. The van der Waals surface area contributed by atoms with Crippen molar-refractivity contribution in [2.45, 2.75) is 19.8 Å². The maximum Gasteiger partial charge on any atom is 0.140 e. The lowest BCUT2D eigenvalue weighted by Gasteiger charge is -2.05. The Morgan fingerprint density at radius 1 is 1.46 bits per heavy atom. The number of rotatable bonds is 5. The fourth-order valence-corrected chi connectivity index (χ4v) is 0.993. The molecule has 1 heterocycles. The predicted molar refractivity (Wildman–Crippen MR) is 55.4 cm³/mol.